The molecule has 2 saturated carbocycles. The van der Waals surface area contributed by atoms with E-state index in [4.69, 9.17) is 16.6 Å². The smallest absolute Gasteiger partial charge is 0.257 e. The third kappa shape index (κ3) is 3.77. The first-order valence-electron chi connectivity index (χ1n) is 12.4. The summed E-state index contributed by atoms with van der Waals surface area (Å²) in [5, 5.41) is 7.05. The number of carbonyl (C=O) groups excluding carboxylic acids is 1. The van der Waals surface area contributed by atoms with Crippen LogP contribution in [0.1, 0.15) is 76.0 Å². The molecule has 176 valence electrons. The lowest BCUT2D eigenvalue weighted by Gasteiger charge is -2.48. The minimum absolute atomic E-state index is 0.00215. The maximum atomic E-state index is 13.6. The SMILES string of the molecule is CC(C)(C)[Si](C)(C)OC1CCC2(CC1)Cc1ccc(C#CC3CC3)cc1C21NC(=S)NC1=O. The average Bonchev–Trinajstić information content (AvgIpc) is 3.46. The number of hydrogen-bond acceptors (Lipinski definition) is 3. The summed E-state index contributed by atoms with van der Waals surface area (Å²) < 4.78 is 6.78. The second-order valence-corrected chi connectivity index (χ2v) is 17.3. The molecule has 1 amide bonds. The Labute approximate surface area is 204 Å². The van der Waals surface area contributed by atoms with Crippen LogP contribution in [-0.4, -0.2) is 25.4 Å². The molecule has 1 heterocycles. The fourth-order valence-electron chi connectivity index (χ4n) is 5.78. The topological polar surface area (TPSA) is 50.4 Å². The van der Waals surface area contributed by atoms with Crippen molar-refractivity contribution in [1.29, 1.82) is 0 Å². The van der Waals surface area contributed by atoms with Crippen molar-refractivity contribution in [3.63, 3.8) is 0 Å². The molecule has 3 fully saturated rings. The molecule has 1 aliphatic heterocycles. The van der Waals surface area contributed by atoms with Crippen LogP contribution in [0.15, 0.2) is 18.2 Å². The number of nitrogens with one attached hydrogen (secondary N) is 2. The molecule has 1 aromatic rings. The molecule has 1 unspecified atom stereocenters. The van der Waals surface area contributed by atoms with E-state index in [9.17, 15) is 4.79 Å². The molecule has 0 bridgehead atoms. The zero-order valence-electron chi connectivity index (χ0n) is 20.6. The molecule has 1 aromatic carbocycles. The highest BCUT2D eigenvalue weighted by Crippen LogP contribution is 2.59. The van der Waals surface area contributed by atoms with Gasteiger partial charge in [0.2, 0.25) is 0 Å². The van der Waals surface area contributed by atoms with Crippen molar-refractivity contribution < 1.29 is 9.22 Å². The summed E-state index contributed by atoms with van der Waals surface area (Å²) in [6.07, 6.45) is 7.46. The van der Waals surface area contributed by atoms with Gasteiger partial charge in [0, 0.05) is 23.0 Å². The van der Waals surface area contributed by atoms with E-state index < -0.39 is 13.9 Å². The van der Waals surface area contributed by atoms with Gasteiger partial charge < -0.3 is 15.1 Å². The largest absolute Gasteiger partial charge is 0.414 e. The third-order valence-corrected chi connectivity index (χ3v) is 13.6. The number of hydrogen-bond donors (Lipinski definition) is 2. The zero-order valence-corrected chi connectivity index (χ0v) is 22.4. The molecule has 2 N–H and O–H groups in total. The first-order chi connectivity index (χ1) is 15.5. The monoisotopic (exact) mass is 480 g/mol. The van der Waals surface area contributed by atoms with Gasteiger partial charge in [0.15, 0.2) is 19.0 Å². The molecule has 1 atom stereocenters. The van der Waals surface area contributed by atoms with E-state index >= 15 is 0 Å². The minimum atomic E-state index is -1.82. The molecule has 0 aromatic heterocycles. The summed E-state index contributed by atoms with van der Waals surface area (Å²) in [6, 6.07) is 6.47. The summed E-state index contributed by atoms with van der Waals surface area (Å²) in [7, 11) is -1.82. The number of rotatable bonds is 2. The fourth-order valence-corrected chi connectivity index (χ4v) is 7.45. The Morgan fingerprint density at radius 3 is 2.42 bits per heavy atom. The first kappa shape index (κ1) is 23.1. The molecular weight excluding hydrogens is 444 g/mol. The van der Waals surface area contributed by atoms with Gasteiger partial charge in [-0.2, -0.15) is 0 Å². The van der Waals surface area contributed by atoms with Crippen LogP contribution in [0, 0.1) is 23.2 Å². The van der Waals surface area contributed by atoms with Crippen molar-refractivity contribution in [2.24, 2.45) is 11.3 Å². The number of amides is 1. The predicted octanol–water partition coefficient (Wildman–Crippen LogP) is 5.15. The van der Waals surface area contributed by atoms with Crippen LogP contribution in [0.25, 0.3) is 0 Å². The lowest BCUT2D eigenvalue weighted by atomic mass is 9.61. The summed E-state index contributed by atoms with van der Waals surface area (Å²) in [6.45, 7) is 11.6. The molecule has 3 aliphatic carbocycles. The molecule has 33 heavy (non-hydrogen) atoms. The van der Waals surface area contributed by atoms with Crippen molar-refractivity contribution in [2.45, 2.75) is 95.5 Å². The van der Waals surface area contributed by atoms with E-state index in [0.717, 1.165) is 43.2 Å². The summed E-state index contributed by atoms with van der Waals surface area (Å²) in [4.78, 5) is 13.6. The van der Waals surface area contributed by atoms with Gasteiger partial charge in [-0.15, -0.1) is 0 Å². The average molecular weight is 481 g/mol. The van der Waals surface area contributed by atoms with E-state index in [-0.39, 0.29) is 22.5 Å². The van der Waals surface area contributed by atoms with Gasteiger partial charge in [-0.1, -0.05) is 38.7 Å². The number of carbonyl (C=O) groups is 1. The Balaban J connectivity index is 1.45. The van der Waals surface area contributed by atoms with Crippen molar-refractivity contribution >= 4 is 31.6 Å². The van der Waals surface area contributed by atoms with Crippen molar-refractivity contribution in [1.82, 2.24) is 10.6 Å². The van der Waals surface area contributed by atoms with Crippen LogP contribution in [0.4, 0.5) is 0 Å². The van der Waals surface area contributed by atoms with Gasteiger partial charge in [0.25, 0.3) is 5.91 Å². The highest BCUT2D eigenvalue weighted by molar-refractivity contribution is 7.80. The molecule has 0 radical (unpaired) electrons. The second kappa shape index (κ2) is 7.66. The fraction of sp³-hybridized carbons (Fsp3) is 0.630. The van der Waals surface area contributed by atoms with Gasteiger partial charge in [0.05, 0.1) is 0 Å². The quantitative estimate of drug-likeness (QED) is 0.349. The van der Waals surface area contributed by atoms with Crippen LogP contribution in [0.2, 0.25) is 18.1 Å². The predicted molar refractivity (Wildman–Crippen MR) is 138 cm³/mol. The molecular formula is C27H36N2O2SSi. The van der Waals surface area contributed by atoms with Crippen molar-refractivity contribution in [3.8, 4) is 11.8 Å². The van der Waals surface area contributed by atoms with Crippen LogP contribution in [0.5, 0.6) is 0 Å². The van der Waals surface area contributed by atoms with Crippen LogP contribution in [0.3, 0.4) is 0 Å². The number of fused-ring (bicyclic) bond motifs is 3. The lowest BCUT2D eigenvalue weighted by Crippen LogP contribution is -2.57. The van der Waals surface area contributed by atoms with Gasteiger partial charge >= 0.3 is 0 Å². The minimum Gasteiger partial charge on any atom is -0.414 e. The van der Waals surface area contributed by atoms with Crippen molar-refractivity contribution in [3.05, 3.63) is 34.9 Å². The van der Waals surface area contributed by atoms with Gasteiger partial charge in [0.1, 0.15) is 0 Å². The standard InChI is InChI=1S/C27H36N2O2SSi/c1-25(2,3)33(4,5)31-21-12-14-26(15-13-21)17-20-11-10-19(9-8-18-6-7-18)16-22(20)27(26)23(30)28-24(32)29-27/h10-11,16,18,21H,6-7,12-15,17H2,1-5H3,(H2,28,29,30,32). The maximum Gasteiger partial charge on any atom is 0.257 e. The van der Waals surface area contributed by atoms with Crippen LogP contribution >= 0.6 is 12.2 Å². The van der Waals surface area contributed by atoms with E-state index in [0.29, 0.717) is 11.0 Å². The Kier molecular flexibility index (Phi) is 5.36. The van der Waals surface area contributed by atoms with Gasteiger partial charge in [-0.05, 0) is 98.6 Å². The zero-order chi connectivity index (χ0) is 23.6. The molecule has 5 rings (SSSR count). The normalized spacial score (nSPS) is 31.2. The van der Waals surface area contributed by atoms with E-state index in [2.05, 4.69) is 74.5 Å². The number of benzene rings is 1. The highest BCUT2D eigenvalue weighted by atomic mass is 32.1. The number of thiocarbonyl (C=S) groups is 1. The van der Waals surface area contributed by atoms with E-state index in [1.807, 2.05) is 0 Å². The third-order valence-electron chi connectivity index (χ3n) is 8.86. The maximum absolute atomic E-state index is 13.6. The Bertz CT molecular complexity index is 1070. The Morgan fingerprint density at radius 1 is 1.15 bits per heavy atom. The highest BCUT2D eigenvalue weighted by Gasteiger charge is 2.65. The summed E-state index contributed by atoms with van der Waals surface area (Å²) >= 11 is 5.46. The molecule has 2 spiro atoms. The summed E-state index contributed by atoms with van der Waals surface area (Å²) in [5.74, 6) is 7.27. The Hall–Kier alpha value is -1.68. The molecule has 4 nitrogen and oxygen atoms in total. The second-order valence-electron chi connectivity index (χ2n) is 12.1. The molecule has 4 aliphatic rings. The van der Waals surface area contributed by atoms with E-state index in [1.165, 1.54) is 18.4 Å². The van der Waals surface area contributed by atoms with E-state index in [1.54, 1.807) is 0 Å². The van der Waals surface area contributed by atoms with Crippen molar-refractivity contribution in [2.75, 3.05) is 0 Å². The van der Waals surface area contributed by atoms with Crippen LogP contribution in [-0.2, 0) is 21.2 Å². The summed E-state index contributed by atoms with van der Waals surface area (Å²) in [5.41, 5.74) is 2.35. The molecule has 6 heteroatoms. The first-order valence-corrected chi connectivity index (χ1v) is 15.7. The molecule has 1 saturated heterocycles. The van der Waals surface area contributed by atoms with Crippen LogP contribution < -0.4 is 10.6 Å². The van der Waals surface area contributed by atoms with Gasteiger partial charge in [-0.25, -0.2) is 0 Å². The lowest BCUT2D eigenvalue weighted by molar-refractivity contribution is -0.131. The van der Waals surface area contributed by atoms with Gasteiger partial charge in [-0.3, -0.25) is 4.79 Å². The Morgan fingerprint density at radius 2 is 1.85 bits per heavy atom.